The molecule has 0 amide bonds. The Morgan fingerprint density at radius 1 is 0.920 bits per heavy atom. The van der Waals surface area contributed by atoms with Gasteiger partial charge in [-0.3, -0.25) is 0 Å². The van der Waals surface area contributed by atoms with Gasteiger partial charge in [-0.25, -0.2) is 0 Å². The molecule has 0 aliphatic rings. The van der Waals surface area contributed by atoms with Gasteiger partial charge in [-0.2, -0.15) is 0 Å². The van der Waals surface area contributed by atoms with Gasteiger partial charge < -0.3 is 24.8 Å². The number of anilines is 1. The molecule has 0 aliphatic carbocycles. The Morgan fingerprint density at radius 2 is 1.60 bits per heavy atom. The zero-order valence-electron chi connectivity index (χ0n) is 14.8. The van der Waals surface area contributed by atoms with E-state index in [1.54, 1.807) is 21.3 Å². The summed E-state index contributed by atoms with van der Waals surface area (Å²) in [6.45, 7) is 0.788. The highest BCUT2D eigenvalue weighted by molar-refractivity contribution is 7.80. The predicted octanol–water partition coefficient (Wildman–Crippen LogP) is 3.63. The van der Waals surface area contributed by atoms with Crippen molar-refractivity contribution in [3.63, 3.8) is 0 Å². The molecule has 25 heavy (non-hydrogen) atoms. The second kappa shape index (κ2) is 9.74. The first kappa shape index (κ1) is 18.9. The van der Waals surface area contributed by atoms with Crippen LogP contribution in [0.4, 0.5) is 5.69 Å². The Labute approximate surface area is 154 Å². The predicted molar refractivity (Wildman–Crippen MR) is 105 cm³/mol. The number of methoxy groups -OCH3 is 3. The van der Waals surface area contributed by atoms with Crippen molar-refractivity contribution in [1.29, 1.82) is 0 Å². The van der Waals surface area contributed by atoms with E-state index in [0.717, 1.165) is 36.6 Å². The number of thiocarbonyl (C=S) groups is 1. The van der Waals surface area contributed by atoms with Crippen molar-refractivity contribution in [2.75, 3.05) is 33.2 Å². The molecule has 5 nitrogen and oxygen atoms in total. The summed E-state index contributed by atoms with van der Waals surface area (Å²) >= 11 is 5.34. The summed E-state index contributed by atoms with van der Waals surface area (Å²) in [5.41, 5.74) is 2.08. The Balaban J connectivity index is 1.76. The van der Waals surface area contributed by atoms with Crippen LogP contribution in [0.5, 0.6) is 17.2 Å². The molecule has 0 aliphatic heterocycles. The summed E-state index contributed by atoms with van der Waals surface area (Å²) in [5.74, 6) is 2.29. The maximum Gasteiger partial charge on any atom is 0.170 e. The van der Waals surface area contributed by atoms with Gasteiger partial charge in [0.2, 0.25) is 0 Å². The summed E-state index contributed by atoms with van der Waals surface area (Å²) < 4.78 is 15.7. The first-order valence-electron chi connectivity index (χ1n) is 8.06. The van der Waals surface area contributed by atoms with E-state index >= 15 is 0 Å². The van der Waals surface area contributed by atoms with Crippen LogP contribution in [0.2, 0.25) is 0 Å². The van der Waals surface area contributed by atoms with E-state index in [2.05, 4.69) is 22.8 Å². The van der Waals surface area contributed by atoms with Crippen molar-refractivity contribution in [3.8, 4) is 17.2 Å². The van der Waals surface area contributed by atoms with Crippen molar-refractivity contribution < 1.29 is 14.2 Å². The van der Waals surface area contributed by atoms with Gasteiger partial charge in [0.15, 0.2) is 5.11 Å². The van der Waals surface area contributed by atoms with E-state index in [9.17, 15) is 0 Å². The van der Waals surface area contributed by atoms with E-state index in [1.807, 2.05) is 30.3 Å². The van der Waals surface area contributed by atoms with Crippen LogP contribution >= 0.6 is 12.2 Å². The highest BCUT2D eigenvalue weighted by Crippen LogP contribution is 2.28. The maximum atomic E-state index is 5.35. The summed E-state index contributed by atoms with van der Waals surface area (Å²) in [6, 6.07) is 13.7. The second-order valence-corrected chi connectivity index (χ2v) is 5.81. The fourth-order valence-electron chi connectivity index (χ4n) is 2.35. The van der Waals surface area contributed by atoms with Gasteiger partial charge >= 0.3 is 0 Å². The highest BCUT2D eigenvalue weighted by Gasteiger charge is 2.06. The third-order valence-electron chi connectivity index (χ3n) is 3.74. The molecular formula is C19H24N2O3S. The zero-order valence-corrected chi connectivity index (χ0v) is 15.6. The van der Waals surface area contributed by atoms with Crippen molar-refractivity contribution in [3.05, 3.63) is 48.0 Å². The molecule has 0 saturated heterocycles. The lowest BCUT2D eigenvalue weighted by atomic mass is 10.1. The Morgan fingerprint density at radius 3 is 2.24 bits per heavy atom. The summed E-state index contributed by atoms with van der Waals surface area (Å²) in [6.07, 6.45) is 1.96. The molecule has 0 saturated carbocycles. The number of rotatable bonds is 8. The van der Waals surface area contributed by atoms with Gasteiger partial charge in [0.05, 0.1) is 27.0 Å². The van der Waals surface area contributed by atoms with Crippen LogP contribution in [-0.2, 0) is 6.42 Å². The van der Waals surface area contributed by atoms with Gasteiger partial charge in [-0.1, -0.05) is 12.1 Å². The third kappa shape index (κ3) is 5.83. The Hall–Kier alpha value is -2.47. The van der Waals surface area contributed by atoms with Crippen molar-refractivity contribution >= 4 is 23.0 Å². The third-order valence-corrected chi connectivity index (χ3v) is 3.99. The molecule has 6 heteroatoms. The standard InChI is InChI=1S/C19H24N2O3S/c1-22-15-8-6-14(7-9-15)5-4-12-20-19(25)21-17-11-10-16(23-2)13-18(17)24-3/h6-11,13H,4-5,12H2,1-3H3,(H2,20,21,25). The van der Waals surface area contributed by atoms with Crippen LogP contribution in [0, 0.1) is 0 Å². The average molecular weight is 360 g/mol. The van der Waals surface area contributed by atoms with Gasteiger partial charge in [0, 0.05) is 12.6 Å². The van der Waals surface area contributed by atoms with Crippen molar-refractivity contribution in [2.45, 2.75) is 12.8 Å². The normalized spacial score (nSPS) is 10.0. The molecule has 2 aromatic carbocycles. The second-order valence-electron chi connectivity index (χ2n) is 5.40. The summed E-state index contributed by atoms with van der Waals surface area (Å²) in [7, 11) is 4.91. The molecule has 2 rings (SSSR count). The van der Waals surface area contributed by atoms with Crippen LogP contribution in [0.1, 0.15) is 12.0 Å². The van der Waals surface area contributed by atoms with Crippen molar-refractivity contribution in [1.82, 2.24) is 5.32 Å². The first-order chi connectivity index (χ1) is 12.2. The maximum absolute atomic E-state index is 5.35. The number of ether oxygens (including phenoxy) is 3. The van der Waals surface area contributed by atoms with E-state index < -0.39 is 0 Å². The SMILES string of the molecule is COc1ccc(CCCNC(=S)Nc2ccc(OC)cc2OC)cc1. The van der Waals surface area contributed by atoms with Gasteiger partial charge in [-0.15, -0.1) is 0 Å². The van der Waals surface area contributed by atoms with Crippen LogP contribution in [0.15, 0.2) is 42.5 Å². The van der Waals surface area contributed by atoms with Crippen molar-refractivity contribution in [2.24, 2.45) is 0 Å². The number of hydrogen-bond donors (Lipinski definition) is 2. The van der Waals surface area contributed by atoms with Crippen LogP contribution in [0.3, 0.4) is 0 Å². The minimum atomic E-state index is 0.568. The van der Waals surface area contributed by atoms with Crippen LogP contribution in [0.25, 0.3) is 0 Å². The largest absolute Gasteiger partial charge is 0.497 e. The monoisotopic (exact) mass is 360 g/mol. The summed E-state index contributed by atoms with van der Waals surface area (Å²) in [5, 5.41) is 6.93. The lowest BCUT2D eigenvalue weighted by molar-refractivity contribution is 0.395. The van der Waals surface area contributed by atoms with Gasteiger partial charge in [0.25, 0.3) is 0 Å². The Bertz CT molecular complexity index is 690. The Kier molecular flexibility index (Phi) is 7.35. The van der Waals surface area contributed by atoms with Crippen LogP contribution < -0.4 is 24.8 Å². The molecule has 0 fully saturated rings. The first-order valence-corrected chi connectivity index (χ1v) is 8.47. The smallest absolute Gasteiger partial charge is 0.170 e. The minimum absolute atomic E-state index is 0.568. The average Bonchev–Trinajstić information content (AvgIpc) is 2.66. The topological polar surface area (TPSA) is 51.8 Å². The molecule has 0 aromatic heterocycles. The molecule has 134 valence electrons. The van der Waals surface area contributed by atoms with E-state index in [0.29, 0.717) is 10.9 Å². The molecule has 2 N–H and O–H groups in total. The highest BCUT2D eigenvalue weighted by atomic mass is 32.1. The summed E-state index contributed by atoms with van der Waals surface area (Å²) in [4.78, 5) is 0. The van der Waals surface area contributed by atoms with E-state index in [4.69, 9.17) is 26.4 Å². The fraction of sp³-hybridized carbons (Fsp3) is 0.316. The number of benzene rings is 2. The molecule has 0 radical (unpaired) electrons. The lowest BCUT2D eigenvalue weighted by Crippen LogP contribution is -2.29. The van der Waals surface area contributed by atoms with Gasteiger partial charge in [0.1, 0.15) is 17.2 Å². The molecule has 0 unspecified atom stereocenters. The fourth-order valence-corrected chi connectivity index (χ4v) is 2.57. The quantitative estimate of drug-likeness (QED) is 0.554. The van der Waals surface area contributed by atoms with Crippen LogP contribution in [-0.4, -0.2) is 33.0 Å². The number of aryl methyl sites for hydroxylation is 1. The minimum Gasteiger partial charge on any atom is -0.497 e. The molecular weight excluding hydrogens is 336 g/mol. The number of nitrogens with one attached hydrogen (secondary N) is 2. The molecule has 2 aromatic rings. The molecule has 0 bridgehead atoms. The van der Waals surface area contributed by atoms with E-state index in [1.165, 1.54) is 5.56 Å². The lowest BCUT2D eigenvalue weighted by Gasteiger charge is -2.14. The zero-order chi connectivity index (χ0) is 18.1. The molecule has 0 spiro atoms. The number of hydrogen-bond acceptors (Lipinski definition) is 4. The van der Waals surface area contributed by atoms with E-state index in [-0.39, 0.29) is 0 Å². The molecule has 0 heterocycles. The molecule has 0 atom stereocenters. The van der Waals surface area contributed by atoms with Gasteiger partial charge in [-0.05, 0) is 54.9 Å².